The maximum Gasteiger partial charge on any atom is 0.407 e. The van der Waals surface area contributed by atoms with Crippen molar-refractivity contribution in [2.24, 2.45) is 29.6 Å². The Morgan fingerprint density at radius 1 is 0.917 bits per heavy atom. The topological polar surface area (TPSA) is 168 Å². The van der Waals surface area contributed by atoms with Crippen molar-refractivity contribution < 1.29 is 42.9 Å². The summed E-state index contributed by atoms with van der Waals surface area (Å²) in [7, 11) is 1.47. The molecule has 2 amide bonds. The van der Waals surface area contributed by atoms with Crippen molar-refractivity contribution >= 4 is 35.2 Å². The Balaban J connectivity index is 1.55. The van der Waals surface area contributed by atoms with Gasteiger partial charge in [0.2, 0.25) is 5.91 Å². The van der Waals surface area contributed by atoms with Crippen molar-refractivity contribution in [2.45, 2.75) is 111 Å². The zero-order valence-corrected chi connectivity index (χ0v) is 36.4. The third-order valence-electron chi connectivity index (χ3n) is 12.5. The third-order valence-corrected chi connectivity index (χ3v) is 12.5. The Hall–Kier alpha value is -5.08. The van der Waals surface area contributed by atoms with Crippen LogP contribution in [0.1, 0.15) is 85.2 Å². The molecule has 2 N–H and O–H groups in total. The number of rotatable bonds is 13. The van der Waals surface area contributed by atoms with Gasteiger partial charge in [-0.3, -0.25) is 29.3 Å². The number of benzene rings is 1. The molecule has 14 heteroatoms. The number of cyclic esters (lactones) is 1. The average molecular weight is 832 g/mol. The monoisotopic (exact) mass is 831 g/mol. The lowest BCUT2D eigenvalue weighted by molar-refractivity contribution is -0.173. The van der Waals surface area contributed by atoms with Gasteiger partial charge in [-0.15, -0.1) is 0 Å². The van der Waals surface area contributed by atoms with Crippen LogP contribution in [-0.4, -0.2) is 98.0 Å². The number of pyridine rings is 2. The van der Waals surface area contributed by atoms with Crippen molar-refractivity contribution in [3.05, 3.63) is 90.0 Å². The van der Waals surface area contributed by atoms with E-state index in [0.29, 0.717) is 18.8 Å². The number of Topliss-reactive ketones (excluding diaryl/α,β-unsaturated/α-hetero) is 2. The summed E-state index contributed by atoms with van der Waals surface area (Å²) in [6, 6.07) is 17.4. The highest BCUT2D eigenvalue weighted by Gasteiger charge is 2.52. The lowest BCUT2D eigenvalue weighted by Crippen LogP contribution is -2.56. The molecular formula is C46H62FN5O8. The Morgan fingerprint density at radius 2 is 1.50 bits per heavy atom. The van der Waals surface area contributed by atoms with Gasteiger partial charge in [0.15, 0.2) is 5.78 Å². The lowest BCUT2D eigenvalue weighted by Gasteiger charge is -2.43. The summed E-state index contributed by atoms with van der Waals surface area (Å²) in [6.07, 6.45) is 1.75. The Bertz CT molecular complexity index is 1870. The number of carboxylic acid groups (broad SMARTS) is 1. The number of aromatic nitrogens is 2. The first-order valence-corrected chi connectivity index (χ1v) is 20.8. The van der Waals surface area contributed by atoms with Crippen LogP contribution in [0.4, 0.5) is 14.9 Å². The number of carbonyl (C=O) groups is 5. The van der Waals surface area contributed by atoms with Crippen LogP contribution in [0.2, 0.25) is 0 Å². The molecular weight excluding hydrogens is 770 g/mol. The molecule has 2 aromatic heterocycles. The highest BCUT2D eigenvalue weighted by Crippen LogP contribution is 2.39. The van der Waals surface area contributed by atoms with E-state index in [4.69, 9.17) is 9.47 Å². The van der Waals surface area contributed by atoms with Gasteiger partial charge in [-0.25, -0.2) is 14.0 Å². The smallest absolute Gasteiger partial charge is 0.407 e. The van der Waals surface area contributed by atoms with E-state index in [2.05, 4.69) is 15.3 Å². The molecule has 60 heavy (non-hydrogen) atoms. The summed E-state index contributed by atoms with van der Waals surface area (Å²) in [6.45, 7) is 13.7. The molecule has 3 aromatic rings. The number of ketones is 2. The Morgan fingerprint density at radius 3 is 2.00 bits per heavy atom. The first-order chi connectivity index (χ1) is 28.3. The predicted molar refractivity (Wildman–Crippen MR) is 225 cm³/mol. The number of esters is 1. The minimum Gasteiger partial charge on any atom is -0.465 e. The van der Waals surface area contributed by atoms with Crippen molar-refractivity contribution in [3.8, 4) is 0 Å². The number of methoxy groups -OCH3 is 1. The van der Waals surface area contributed by atoms with E-state index in [-0.39, 0.29) is 44.0 Å². The number of hydrogen-bond acceptors (Lipinski definition) is 10. The van der Waals surface area contributed by atoms with Crippen LogP contribution in [-0.2, 0) is 48.2 Å². The molecule has 1 aliphatic heterocycles. The maximum atomic E-state index is 16.2. The molecule has 0 unspecified atom stereocenters. The molecule has 326 valence electrons. The summed E-state index contributed by atoms with van der Waals surface area (Å²) in [5.41, 5.74) is -1.07. The predicted octanol–water partition coefficient (Wildman–Crippen LogP) is 7.19. The molecule has 4 rings (SSSR count). The molecule has 1 fully saturated rings. The molecule has 1 aliphatic rings. The summed E-state index contributed by atoms with van der Waals surface area (Å²) >= 11 is 0. The van der Waals surface area contributed by atoms with Gasteiger partial charge in [0, 0.05) is 68.5 Å². The summed E-state index contributed by atoms with van der Waals surface area (Å²) in [5, 5.41) is 13.6. The van der Waals surface area contributed by atoms with Crippen LogP contribution in [0.5, 0.6) is 0 Å². The second-order valence-corrected chi connectivity index (χ2v) is 16.7. The second-order valence-electron chi connectivity index (χ2n) is 16.7. The number of carbonyl (C=O) groups excluding carboxylic acids is 4. The fourth-order valence-electron chi connectivity index (χ4n) is 8.49. The molecule has 3 heterocycles. The number of ether oxygens (including phenoxy) is 2. The van der Waals surface area contributed by atoms with Gasteiger partial charge in [0.05, 0.1) is 29.6 Å². The molecule has 0 aliphatic carbocycles. The SMILES string of the molecule is CC[C@H]1OC(=O)[C@](C)(F)C(=O)[C@H](C)[C@@H](C)[C@@](C)(OC)C[C@@H](C)C(=O)[C@H](C)[C@H](N(CCc2ccc(NC(=O)CN(Cc3ccccn3)Cc3ccccn3)cc2)C(=O)O)[C@H]1C. The molecule has 1 aromatic carbocycles. The quantitative estimate of drug-likeness (QED) is 0.132. The second kappa shape index (κ2) is 20.9. The van der Waals surface area contributed by atoms with Crippen LogP contribution in [0, 0.1) is 29.6 Å². The lowest BCUT2D eigenvalue weighted by atomic mass is 9.70. The van der Waals surface area contributed by atoms with E-state index in [0.717, 1.165) is 23.9 Å². The highest BCUT2D eigenvalue weighted by molar-refractivity contribution is 6.07. The largest absolute Gasteiger partial charge is 0.465 e. The first kappa shape index (κ1) is 47.6. The number of amides is 2. The molecule has 0 spiro atoms. The van der Waals surface area contributed by atoms with Crippen molar-refractivity contribution in [3.63, 3.8) is 0 Å². The van der Waals surface area contributed by atoms with Crippen LogP contribution < -0.4 is 5.32 Å². The van der Waals surface area contributed by atoms with Gasteiger partial charge in [-0.1, -0.05) is 65.8 Å². The Labute approximate surface area is 353 Å². The van der Waals surface area contributed by atoms with Crippen LogP contribution in [0.3, 0.4) is 0 Å². The van der Waals surface area contributed by atoms with Gasteiger partial charge in [-0.2, -0.15) is 0 Å². The summed E-state index contributed by atoms with van der Waals surface area (Å²) in [5.74, 6) is -6.54. The van der Waals surface area contributed by atoms with Crippen LogP contribution in [0.15, 0.2) is 73.1 Å². The third kappa shape index (κ3) is 11.8. The van der Waals surface area contributed by atoms with Gasteiger partial charge in [-0.05, 0) is 81.0 Å². The minimum absolute atomic E-state index is 0.0217. The van der Waals surface area contributed by atoms with E-state index in [1.165, 1.54) is 12.0 Å². The first-order valence-electron chi connectivity index (χ1n) is 20.8. The van der Waals surface area contributed by atoms with E-state index in [1.54, 1.807) is 85.1 Å². The van der Waals surface area contributed by atoms with E-state index in [9.17, 15) is 29.1 Å². The molecule has 13 nitrogen and oxygen atoms in total. The van der Waals surface area contributed by atoms with Gasteiger partial charge in [0.1, 0.15) is 11.9 Å². The fraction of sp³-hybridized carbons (Fsp3) is 0.543. The Kier molecular flexibility index (Phi) is 16.6. The molecule has 0 radical (unpaired) electrons. The summed E-state index contributed by atoms with van der Waals surface area (Å²) in [4.78, 5) is 79.7. The van der Waals surface area contributed by atoms with Crippen molar-refractivity contribution in [1.82, 2.24) is 19.8 Å². The molecule has 0 bridgehead atoms. The van der Waals surface area contributed by atoms with Gasteiger partial charge < -0.3 is 24.8 Å². The number of nitrogens with one attached hydrogen (secondary N) is 1. The van der Waals surface area contributed by atoms with Crippen LogP contribution >= 0.6 is 0 Å². The number of hydrogen-bond donors (Lipinski definition) is 2. The maximum absolute atomic E-state index is 16.2. The van der Waals surface area contributed by atoms with Gasteiger partial charge >= 0.3 is 12.1 Å². The van der Waals surface area contributed by atoms with E-state index in [1.807, 2.05) is 41.3 Å². The van der Waals surface area contributed by atoms with E-state index < -0.39 is 70.9 Å². The van der Waals surface area contributed by atoms with Crippen LogP contribution in [0.25, 0.3) is 0 Å². The van der Waals surface area contributed by atoms with Crippen molar-refractivity contribution in [1.29, 1.82) is 0 Å². The zero-order chi connectivity index (χ0) is 44.4. The molecule has 9 atom stereocenters. The number of alkyl halides is 1. The normalized spacial score (nSPS) is 28.1. The number of nitrogens with zero attached hydrogens (tertiary/aromatic N) is 4. The standard InChI is InChI=1S/C46H62FN5O8/c1-10-38-31(4)40(32(5)41(54)29(2)25-45(7,59-9)33(6)30(3)42(55)46(8,47)43(56)60-38)52(44(57)58)24-21-34-17-19-35(20-18-34)50-39(53)28-51(26-36-15-11-13-22-48-36)27-37-16-12-14-23-49-37/h11-20,22-23,29-33,38,40H,10,21,24-28H2,1-9H3,(H,50,53)(H,57,58)/t29-,30-,31+,32-,33-,38-,40-,45+,46-/m1/s1. The number of anilines is 1. The van der Waals surface area contributed by atoms with E-state index >= 15 is 4.39 Å². The average Bonchev–Trinajstić information content (AvgIpc) is 3.23. The van der Waals surface area contributed by atoms with Crippen molar-refractivity contribution in [2.75, 3.05) is 25.5 Å². The van der Waals surface area contributed by atoms with Gasteiger partial charge in [0.25, 0.3) is 5.67 Å². The summed E-state index contributed by atoms with van der Waals surface area (Å²) < 4.78 is 27.8. The molecule has 0 saturated carbocycles. The molecule has 1 saturated heterocycles. The fourth-order valence-corrected chi connectivity index (χ4v) is 8.49. The zero-order valence-electron chi connectivity index (χ0n) is 36.4. The minimum atomic E-state index is -2.97. The highest BCUT2D eigenvalue weighted by atomic mass is 19.1. The number of halogens is 1.